The van der Waals surface area contributed by atoms with Crippen molar-refractivity contribution in [2.45, 2.75) is 31.8 Å². The number of carbonyl (C=O) groups is 3. The second-order valence-electron chi connectivity index (χ2n) is 7.02. The average Bonchev–Trinajstić information content (AvgIpc) is 3.20. The summed E-state index contributed by atoms with van der Waals surface area (Å²) in [6.45, 7) is 2.25. The minimum Gasteiger partial charge on any atom is -0.396 e. The number of amides is 3. The number of aliphatic hydroxyl groups excluding tert-OH is 1. The van der Waals surface area contributed by atoms with E-state index in [4.69, 9.17) is 0 Å². The number of rotatable bonds is 3. The van der Waals surface area contributed by atoms with Crippen LogP contribution in [0.5, 0.6) is 0 Å². The Morgan fingerprint density at radius 1 is 1.20 bits per heavy atom. The molecule has 7 heteroatoms. The number of hydrogen-bond acceptors (Lipinski definition) is 5. The Balaban J connectivity index is 1.54. The van der Waals surface area contributed by atoms with Gasteiger partial charge >= 0.3 is 0 Å². The molecule has 2 atom stereocenters. The lowest BCUT2D eigenvalue weighted by atomic mass is 10.0. The molecule has 25 heavy (non-hydrogen) atoms. The van der Waals surface area contributed by atoms with E-state index < -0.39 is 6.04 Å². The Morgan fingerprint density at radius 3 is 2.76 bits per heavy atom. The molecule has 0 saturated carbocycles. The molecule has 7 nitrogen and oxygen atoms in total. The van der Waals surface area contributed by atoms with Gasteiger partial charge in [0.1, 0.15) is 6.04 Å². The zero-order chi connectivity index (χ0) is 17.6. The molecule has 0 bridgehead atoms. The molecule has 1 aromatic carbocycles. The standard InChI is InChI=1S/C18H21N3O4/c22-10-11-5-6-20(8-11)13-2-1-12-9-21(18(25)14(12)7-13)15-3-4-16(23)19-17(15)24/h1-2,7,11,15,22H,3-6,8-10H2,(H,19,23,24)/t11-,15?/m0/s1. The summed E-state index contributed by atoms with van der Waals surface area (Å²) in [5, 5.41) is 11.6. The van der Waals surface area contributed by atoms with Crippen molar-refractivity contribution in [3.05, 3.63) is 29.3 Å². The van der Waals surface area contributed by atoms with Crippen LogP contribution in [0.3, 0.4) is 0 Å². The van der Waals surface area contributed by atoms with Crippen LogP contribution in [0.2, 0.25) is 0 Å². The van der Waals surface area contributed by atoms with Crippen LogP contribution in [0.4, 0.5) is 5.69 Å². The van der Waals surface area contributed by atoms with Crippen LogP contribution in [0.25, 0.3) is 0 Å². The number of imide groups is 1. The molecule has 2 fully saturated rings. The smallest absolute Gasteiger partial charge is 0.255 e. The fourth-order valence-corrected chi connectivity index (χ4v) is 3.96. The zero-order valence-corrected chi connectivity index (χ0v) is 13.9. The molecular weight excluding hydrogens is 322 g/mol. The van der Waals surface area contributed by atoms with Gasteiger partial charge in [-0.25, -0.2) is 0 Å². The number of carbonyl (C=O) groups excluding carboxylic acids is 3. The fraction of sp³-hybridized carbons (Fsp3) is 0.500. The van der Waals surface area contributed by atoms with Gasteiger partial charge in [-0.2, -0.15) is 0 Å². The van der Waals surface area contributed by atoms with Crippen molar-refractivity contribution < 1.29 is 19.5 Å². The highest BCUT2D eigenvalue weighted by Gasteiger charge is 2.39. The maximum atomic E-state index is 12.8. The van der Waals surface area contributed by atoms with Crippen molar-refractivity contribution in [2.24, 2.45) is 5.92 Å². The first kappa shape index (κ1) is 16.1. The first-order chi connectivity index (χ1) is 12.1. The van der Waals surface area contributed by atoms with Gasteiger partial charge in [-0.1, -0.05) is 6.07 Å². The van der Waals surface area contributed by atoms with Gasteiger partial charge in [0, 0.05) is 49.8 Å². The molecule has 0 aromatic heterocycles. The van der Waals surface area contributed by atoms with Crippen LogP contribution >= 0.6 is 0 Å². The molecule has 2 saturated heterocycles. The monoisotopic (exact) mass is 343 g/mol. The van der Waals surface area contributed by atoms with E-state index >= 15 is 0 Å². The van der Waals surface area contributed by atoms with Crippen molar-refractivity contribution in [3.63, 3.8) is 0 Å². The maximum Gasteiger partial charge on any atom is 0.255 e. The number of nitrogens with one attached hydrogen (secondary N) is 1. The van der Waals surface area contributed by atoms with E-state index in [1.54, 1.807) is 4.90 Å². The third-order valence-corrected chi connectivity index (χ3v) is 5.42. The normalized spacial score (nSPS) is 26.2. The van der Waals surface area contributed by atoms with E-state index in [9.17, 15) is 19.5 Å². The number of nitrogens with zero attached hydrogens (tertiary/aromatic N) is 2. The van der Waals surface area contributed by atoms with E-state index in [1.807, 2.05) is 18.2 Å². The van der Waals surface area contributed by atoms with Gasteiger partial charge in [0.05, 0.1) is 0 Å². The quantitative estimate of drug-likeness (QED) is 0.769. The van der Waals surface area contributed by atoms with Gasteiger partial charge in [0.25, 0.3) is 5.91 Å². The van der Waals surface area contributed by atoms with Gasteiger partial charge in [0.2, 0.25) is 11.8 Å². The molecule has 1 aromatic rings. The van der Waals surface area contributed by atoms with Crippen LogP contribution in [-0.4, -0.2) is 53.5 Å². The van der Waals surface area contributed by atoms with Gasteiger partial charge in [-0.05, 0) is 30.5 Å². The Bertz CT molecular complexity index is 748. The first-order valence-electron chi connectivity index (χ1n) is 8.70. The van der Waals surface area contributed by atoms with Crippen LogP contribution < -0.4 is 10.2 Å². The van der Waals surface area contributed by atoms with E-state index in [-0.39, 0.29) is 36.7 Å². The molecule has 4 rings (SSSR count). The van der Waals surface area contributed by atoms with Gasteiger partial charge in [-0.3, -0.25) is 19.7 Å². The van der Waals surface area contributed by atoms with Crippen molar-refractivity contribution in [2.75, 3.05) is 24.6 Å². The lowest BCUT2D eigenvalue weighted by Gasteiger charge is -2.29. The Hall–Kier alpha value is -2.41. The molecule has 2 N–H and O–H groups in total. The number of fused-ring (bicyclic) bond motifs is 1. The minimum atomic E-state index is -0.577. The summed E-state index contributed by atoms with van der Waals surface area (Å²) in [5.74, 6) is -0.531. The molecule has 3 amide bonds. The first-order valence-corrected chi connectivity index (χ1v) is 8.70. The second-order valence-corrected chi connectivity index (χ2v) is 7.02. The number of hydrogen-bond donors (Lipinski definition) is 2. The highest BCUT2D eigenvalue weighted by atomic mass is 16.3. The third kappa shape index (κ3) is 2.78. The van der Waals surface area contributed by atoms with Crippen LogP contribution in [0, 0.1) is 5.92 Å². The predicted octanol–water partition coefficient (Wildman–Crippen LogP) is 0.266. The Kier molecular flexibility index (Phi) is 3.95. The topological polar surface area (TPSA) is 90.0 Å². The number of anilines is 1. The summed E-state index contributed by atoms with van der Waals surface area (Å²) < 4.78 is 0. The average molecular weight is 343 g/mol. The van der Waals surface area contributed by atoms with E-state index in [1.165, 1.54) is 0 Å². The molecule has 0 spiro atoms. The number of benzene rings is 1. The van der Waals surface area contributed by atoms with Gasteiger partial charge in [-0.15, -0.1) is 0 Å². The minimum absolute atomic E-state index is 0.149. The van der Waals surface area contributed by atoms with Gasteiger partial charge < -0.3 is 14.9 Å². The summed E-state index contributed by atoms with van der Waals surface area (Å²) in [5.41, 5.74) is 2.53. The second kappa shape index (κ2) is 6.15. The number of piperidine rings is 1. The molecule has 3 heterocycles. The molecule has 0 aliphatic carbocycles. The molecule has 0 radical (unpaired) electrons. The van der Waals surface area contributed by atoms with Crippen molar-refractivity contribution in [1.82, 2.24) is 10.2 Å². The lowest BCUT2D eigenvalue weighted by Crippen LogP contribution is -2.52. The molecule has 1 unspecified atom stereocenters. The summed E-state index contributed by atoms with van der Waals surface area (Å²) in [6, 6.07) is 5.26. The molecule has 3 aliphatic rings. The van der Waals surface area contributed by atoms with E-state index in [0.29, 0.717) is 18.5 Å². The summed E-state index contributed by atoms with van der Waals surface area (Å²) >= 11 is 0. The van der Waals surface area contributed by atoms with Crippen molar-refractivity contribution in [1.29, 1.82) is 0 Å². The van der Waals surface area contributed by atoms with Crippen LogP contribution in [-0.2, 0) is 16.1 Å². The summed E-state index contributed by atoms with van der Waals surface area (Å²) in [4.78, 5) is 40.0. The Morgan fingerprint density at radius 2 is 2.04 bits per heavy atom. The lowest BCUT2D eigenvalue weighted by molar-refractivity contribution is -0.136. The fourth-order valence-electron chi connectivity index (χ4n) is 3.96. The predicted molar refractivity (Wildman–Crippen MR) is 89.9 cm³/mol. The van der Waals surface area contributed by atoms with Gasteiger partial charge in [0.15, 0.2) is 0 Å². The molecule has 132 valence electrons. The SMILES string of the molecule is O=C1CCC(N2Cc3ccc(N4CC[C@H](CO)C4)cc3C2=O)C(=O)N1. The van der Waals surface area contributed by atoms with Crippen molar-refractivity contribution in [3.8, 4) is 0 Å². The molecular formula is C18H21N3O4. The third-order valence-electron chi connectivity index (χ3n) is 5.42. The van der Waals surface area contributed by atoms with E-state index in [2.05, 4.69) is 10.2 Å². The highest BCUT2D eigenvalue weighted by Crippen LogP contribution is 2.32. The van der Waals surface area contributed by atoms with E-state index in [0.717, 1.165) is 30.8 Å². The van der Waals surface area contributed by atoms with Crippen LogP contribution in [0.15, 0.2) is 18.2 Å². The summed E-state index contributed by atoms with van der Waals surface area (Å²) in [6.07, 6.45) is 1.59. The Labute approximate surface area is 145 Å². The zero-order valence-electron chi connectivity index (χ0n) is 13.9. The van der Waals surface area contributed by atoms with Crippen LogP contribution in [0.1, 0.15) is 35.2 Å². The van der Waals surface area contributed by atoms with Crippen molar-refractivity contribution >= 4 is 23.4 Å². The number of aliphatic hydroxyl groups is 1. The highest BCUT2D eigenvalue weighted by molar-refractivity contribution is 6.05. The maximum absolute atomic E-state index is 12.8. The summed E-state index contributed by atoms with van der Waals surface area (Å²) in [7, 11) is 0. The molecule has 3 aliphatic heterocycles. The largest absolute Gasteiger partial charge is 0.396 e.